The van der Waals surface area contributed by atoms with Crippen LogP contribution in [-0.2, 0) is 22.7 Å². The highest BCUT2D eigenvalue weighted by Gasteiger charge is 2.38. The molecule has 0 N–H and O–H groups in total. The molecular formula is C14H14F3N3O3S. The first-order valence-corrected chi connectivity index (χ1v) is 8.96. The zero-order chi connectivity index (χ0) is 17.5. The van der Waals surface area contributed by atoms with Crippen LogP contribution >= 0.6 is 0 Å². The lowest BCUT2D eigenvalue weighted by Gasteiger charge is -2.19. The summed E-state index contributed by atoms with van der Waals surface area (Å²) >= 11 is 0. The van der Waals surface area contributed by atoms with Crippen molar-refractivity contribution in [1.82, 2.24) is 14.4 Å². The molecule has 1 aliphatic carbocycles. The van der Waals surface area contributed by atoms with Crippen LogP contribution in [0.2, 0.25) is 0 Å². The summed E-state index contributed by atoms with van der Waals surface area (Å²) in [4.78, 5) is 3.31. The van der Waals surface area contributed by atoms with Crippen molar-refractivity contribution >= 4 is 10.0 Å². The summed E-state index contributed by atoms with van der Waals surface area (Å²) in [6.07, 6.45) is -1.84. The molecule has 0 aliphatic heterocycles. The molecule has 0 bridgehead atoms. The first-order valence-electron chi connectivity index (χ1n) is 7.11. The van der Waals surface area contributed by atoms with Crippen LogP contribution in [-0.4, -0.2) is 35.2 Å². The average molecular weight is 361 g/mol. The van der Waals surface area contributed by atoms with Crippen molar-refractivity contribution in [2.75, 3.05) is 6.26 Å². The fourth-order valence-electron chi connectivity index (χ4n) is 2.27. The second kappa shape index (κ2) is 5.85. The second-order valence-electron chi connectivity index (χ2n) is 5.66. The van der Waals surface area contributed by atoms with Crippen LogP contribution < -0.4 is 0 Å². The standard InChI is InChI=1S/C14H14F3N3O3S/c1-24(21,22)20(11-6-7-11)8-9-2-4-10(5-3-9)12-18-13(23-19-12)14(15,16)17/h2-5,11H,6-8H2,1H3. The molecule has 1 aromatic heterocycles. The molecule has 0 amide bonds. The van der Waals surface area contributed by atoms with Crippen LogP contribution in [0.5, 0.6) is 0 Å². The van der Waals surface area contributed by atoms with Gasteiger partial charge in [0.25, 0.3) is 0 Å². The van der Waals surface area contributed by atoms with E-state index >= 15 is 0 Å². The van der Waals surface area contributed by atoms with E-state index in [9.17, 15) is 21.6 Å². The summed E-state index contributed by atoms with van der Waals surface area (Å²) in [5.74, 6) is -1.57. The lowest BCUT2D eigenvalue weighted by atomic mass is 10.1. The first-order chi connectivity index (χ1) is 11.1. The normalized spacial score (nSPS) is 15.9. The molecule has 1 heterocycles. The zero-order valence-electron chi connectivity index (χ0n) is 12.6. The highest BCUT2D eigenvalue weighted by molar-refractivity contribution is 7.88. The van der Waals surface area contributed by atoms with Gasteiger partial charge < -0.3 is 4.52 Å². The van der Waals surface area contributed by atoms with E-state index in [1.165, 1.54) is 16.4 Å². The third-order valence-corrected chi connectivity index (χ3v) is 4.88. The van der Waals surface area contributed by atoms with Crippen molar-refractivity contribution in [3.05, 3.63) is 35.7 Å². The van der Waals surface area contributed by atoms with Gasteiger partial charge in [0, 0.05) is 18.2 Å². The van der Waals surface area contributed by atoms with Gasteiger partial charge in [0.2, 0.25) is 15.8 Å². The molecule has 0 atom stereocenters. The highest BCUT2D eigenvalue weighted by Crippen LogP contribution is 2.31. The molecule has 6 nitrogen and oxygen atoms in total. The van der Waals surface area contributed by atoms with Gasteiger partial charge in [0.15, 0.2) is 0 Å². The van der Waals surface area contributed by atoms with Gasteiger partial charge in [-0.1, -0.05) is 29.4 Å². The third kappa shape index (κ3) is 3.75. The van der Waals surface area contributed by atoms with Crippen LogP contribution in [0.1, 0.15) is 24.3 Å². The number of hydrogen-bond donors (Lipinski definition) is 0. The topological polar surface area (TPSA) is 76.3 Å². The molecule has 0 radical (unpaired) electrons. The Bertz CT molecular complexity index is 827. The van der Waals surface area contributed by atoms with Gasteiger partial charge >= 0.3 is 12.1 Å². The molecule has 10 heteroatoms. The Morgan fingerprint density at radius 2 is 1.88 bits per heavy atom. The van der Waals surface area contributed by atoms with E-state index in [1.54, 1.807) is 12.1 Å². The molecule has 0 saturated heterocycles. The Labute approximate surface area is 136 Å². The predicted molar refractivity (Wildman–Crippen MR) is 78.1 cm³/mol. The maximum atomic E-state index is 12.5. The molecule has 1 saturated carbocycles. The number of benzene rings is 1. The van der Waals surface area contributed by atoms with E-state index < -0.39 is 22.1 Å². The van der Waals surface area contributed by atoms with Crippen molar-refractivity contribution in [3.8, 4) is 11.4 Å². The Kier molecular flexibility index (Phi) is 4.12. The van der Waals surface area contributed by atoms with E-state index in [2.05, 4.69) is 14.7 Å². The van der Waals surface area contributed by atoms with E-state index in [0.717, 1.165) is 24.7 Å². The van der Waals surface area contributed by atoms with Gasteiger partial charge in [-0.15, -0.1) is 0 Å². The summed E-state index contributed by atoms with van der Waals surface area (Å²) < 4.78 is 66.6. The number of aromatic nitrogens is 2. The third-order valence-electron chi connectivity index (χ3n) is 3.60. The molecule has 24 heavy (non-hydrogen) atoms. The summed E-state index contributed by atoms with van der Waals surface area (Å²) in [5.41, 5.74) is 1.09. The molecule has 130 valence electrons. The van der Waals surface area contributed by atoms with E-state index in [-0.39, 0.29) is 18.4 Å². The first kappa shape index (κ1) is 16.9. The van der Waals surface area contributed by atoms with Crippen molar-refractivity contribution < 1.29 is 26.1 Å². The minimum atomic E-state index is -4.69. The summed E-state index contributed by atoms with van der Waals surface area (Å²) in [5, 5.41) is 3.31. The van der Waals surface area contributed by atoms with Crippen LogP contribution in [0.15, 0.2) is 28.8 Å². The molecular weight excluding hydrogens is 347 g/mol. The Balaban J connectivity index is 1.77. The lowest BCUT2D eigenvalue weighted by Crippen LogP contribution is -2.31. The molecule has 1 fully saturated rings. The summed E-state index contributed by atoms with van der Waals surface area (Å²) in [7, 11) is -3.31. The minimum absolute atomic E-state index is 0.0335. The van der Waals surface area contributed by atoms with Gasteiger partial charge in [-0.05, 0) is 18.4 Å². The number of halogens is 3. The van der Waals surface area contributed by atoms with Crippen molar-refractivity contribution in [2.45, 2.75) is 31.6 Å². The molecule has 0 spiro atoms. The SMILES string of the molecule is CS(=O)(=O)N(Cc1ccc(-c2noc(C(F)(F)F)n2)cc1)C1CC1. The molecule has 1 aliphatic rings. The van der Waals surface area contributed by atoms with Gasteiger partial charge in [-0.2, -0.15) is 22.5 Å². The van der Waals surface area contributed by atoms with Crippen molar-refractivity contribution in [2.24, 2.45) is 0 Å². The van der Waals surface area contributed by atoms with E-state index in [4.69, 9.17) is 0 Å². The van der Waals surface area contributed by atoms with Gasteiger partial charge in [-0.25, -0.2) is 8.42 Å². The molecule has 0 unspecified atom stereocenters. The van der Waals surface area contributed by atoms with Crippen LogP contribution in [0, 0.1) is 0 Å². The number of alkyl halides is 3. The van der Waals surface area contributed by atoms with Gasteiger partial charge in [0.1, 0.15) is 0 Å². The van der Waals surface area contributed by atoms with E-state index in [0.29, 0.717) is 5.56 Å². The highest BCUT2D eigenvalue weighted by atomic mass is 32.2. The number of hydrogen-bond acceptors (Lipinski definition) is 5. The Morgan fingerprint density at radius 3 is 2.33 bits per heavy atom. The summed E-state index contributed by atoms with van der Waals surface area (Å²) in [6, 6.07) is 6.38. The quantitative estimate of drug-likeness (QED) is 0.818. The maximum absolute atomic E-state index is 12.5. The lowest BCUT2D eigenvalue weighted by molar-refractivity contribution is -0.159. The van der Waals surface area contributed by atoms with Crippen LogP contribution in [0.4, 0.5) is 13.2 Å². The number of nitrogens with zero attached hydrogens (tertiary/aromatic N) is 3. The van der Waals surface area contributed by atoms with Gasteiger partial charge in [-0.3, -0.25) is 0 Å². The Hall–Kier alpha value is -1.94. The fraction of sp³-hybridized carbons (Fsp3) is 0.429. The minimum Gasteiger partial charge on any atom is -0.329 e. The van der Waals surface area contributed by atoms with E-state index in [1.807, 2.05) is 0 Å². The smallest absolute Gasteiger partial charge is 0.329 e. The number of sulfonamides is 1. The van der Waals surface area contributed by atoms with Crippen LogP contribution in [0.25, 0.3) is 11.4 Å². The van der Waals surface area contributed by atoms with Gasteiger partial charge in [0.05, 0.1) is 6.26 Å². The average Bonchev–Trinajstić information content (AvgIpc) is 3.17. The molecule has 1 aromatic carbocycles. The molecule has 3 rings (SSSR count). The number of rotatable bonds is 5. The zero-order valence-corrected chi connectivity index (χ0v) is 13.4. The monoisotopic (exact) mass is 361 g/mol. The second-order valence-corrected chi connectivity index (χ2v) is 7.59. The maximum Gasteiger partial charge on any atom is 0.471 e. The molecule has 2 aromatic rings. The fourth-order valence-corrected chi connectivity index (χ4v) is 3.41. The van der Waals surface area contributed by atoms with Crippen molar-refractivity contribution in [3.63, 3.8) is 0 Å². The largest absolute Gasteiger partial charge is 0.471 e. The van der Waals surface area contributed by atoms with Crippen LogP contribution in [0.3, 0.4) is 0 Å². The predicted octanol–water partition coefficient (Wildman–Crippen LogP) is 2.68. The Morgan fingerprint density at radius 1 is 1.25 bits per heavy atom. The van der Waals surface area contributed by atoms with Crippen molar-refractivity contribution in [1.29, 1.82) is 0 Å². The summed E-state index contributed by atoms with van der Waals surface area (Å²) in [6.45, 7) is 0.226.